The smallest absolute Gasteiger partial charge is 0.291 e. The predicted octanol–water partition coefficient (Wildman–Crippen LogP) is 1.68. The van der Waals surface area contributed by atoms with Gasteiger partial charge in [-0.3, -0.25) is 4.99 Å². The zero-order valence-corrected chi connectivity index (χ0v) is 12.4. The van der Waals surface area contributed by atoms with E-state index in [0.717, 1.165) is 36.6 Å². The number of benzene rings is 1. The third kappa shape index (κ3) is 3.66. The highest BCUT2D eigenvalue weighted by molar-refractivity contribution is 5.93. The van der Waals surface area contributed by atoms with Crippen molar-refractivity contribution in [1.82, 2.24) is 10.3 Å². The maximum absolute atomic E-state index is 8.36. The number of amidine groups is 1. The molecule has 3 rings (SSSR count). The highest BCUT2D eigenvalue weighted by Crippen LogP contribution is 2.26. The minimum atomic E-state index is -1.50. The zero-order chi connectivity index (χ0) is 16.1. The van der Waals surface area contributed by atoms with Gasteiger partial charge >= 0.3 is 0 Å². The topological polar surface area (TPSA) is 113 Å². The second-order valence-corrected chi connectivity index (χ2v) is 4.81. The van der Waals surface area contributed by atoms with Gasteiger partial charge in [0.25, 0.3) is 5.09 Å². The average molecular weight is 306 g/mol. The van der Waals surface area contributed by atoms with Gasteiger partial charge in [0.15, 0.2) is 0 Å². The fourth-order valence-electron chi connectivity index (χ4n) is 2.45. The summed E-state index contributed by atoms with van der Waals surface area (Å²) in [6.45, 7) is 3.96. The normalized spacial score (nSPS) is 13.1. The molecule has 1 aromatic heterocycles. The molecule has 0 bridgehead atoms. The van der Waals surface area contributed by atoms with E-state index < -0.39 is 5.09 Å². The van der Waals surface area contributed by atoms with E-state index in [1.165, 1.54) is 16.6 Å². The lowest BCUT2D eigenvalue weighted by molar-refractivity contribution is -0.742. The maximum atomic E-state index is 8.36. The van der Waals surface area contributed by atoms with Gasteiger partial charge in [-0.25, -0.2) is 0 Å². The van der Waals surface area contributed by atoms with Gasteiger partial charge in [-0.1, -0.05) is 0 Å². The van der Waals surface area contributed by atoms with Crippen LogP contribution in [0.25, 0.3) is 10.9 Å². The Labute approximate surface area is 126 Å². The van der Waals surface area contributed by atoms with Crippen LogP contribution in [0.3, 0.4) is 0 Å². The molecule has 1 aliphatic rings. The Bertz CT molecular complexity index is 704. The summed E-state index contributed by atoms with van der Waals surface area (Å²) in [5.41, 5.74) is 3.66. The number of hydrogen-bond donors (Lipinski definition) is 3. The maximum Gasteiger partial charge on any atom is 0.291 e. The molecule has 118 valence electrons. The first-order chi connectivity index (χ1) is 10.5. The van der Waals surface area contributed by atoms with Crippen molar-refractivity contribution in [3.63, 3.8) is 0 Å². The Balaban J connectivity index is 0.000000396. The fraction of sp³-hybridized carbons (Fsp3) is 0.357. The average Bonchev–Trinajstić information content (AvgIpc) is 3.07. The van der Waals surface area contributed by atoms with Crippen molar-refractivity contribution >= 4 is 16.7 Å². The van der Waals surface area contributed by atoms with E-state index in [9.17, 15) is 0 Å². The molecule has 8 heteroatoms. The van der Waals surface area contributed by atoms with Gasteiger partial charge in [-0.15, -0.1) is 10.1 Å². The van der Waals surface area contributed by atoms with Gasteiger partial charge in [0, 0.05) is 29.6 Å². The largest absolute Gasteiger partial charge is 0.497 e. The van der Waals surface area contributed by atoms with Crippen LogP contribution in [0.2, 0.25) is 0 Å². The first-order valence-electron chi connectivity index (χ1n) is 6.77. The molecule has 0 spiro atoms. The Morgan fingerprint density at radius 3 is 2.82 bits per heavy atom. The lowest BCUT2D eigenvalue weighted by atomic mass is 10.1. The number of aliphatic imine (C=N–C) groups is 1. The molecule has 0 fully saturated rings. The standard InChI is InChI=1S/C14H17N3O.HNO3/c1-9-11(8-14-15-5-6-16-14)12-7-10(18-2)3-4-13(12)17-9;2-1(3)4/h3-4,7,17H,5-6,8H2,1-2H3,(H,15,16);(H,2,3,4). The van der Waals surface area contributed by atoms with Gasteiger partial charge in [0.2, 0.25) is 0 Å². The number of nitrogens with one attached hydrogen (secondary N) is 2. The molecule has 8 nitrogen and oxygen atoms in total. The van der Waals surface area contributed by atoms with Crippen molar-refractivity contribution < 1.29 is 15.0 Å². The van der Waals surface area contributed by atoms with E-state index in [4.69, 9.17) is 20.1 Å². The van der Waals surface area contributed by atoms with Crippen molar-refractivity contribution in [2.45, 2.75) is 13.3 Å². The zero-order valence-electron chi connectivity index (χ0n) is 12.4. The number of fused-ring (bicyclic) bond motifs is 1. The van der Waals surface area contributed by atoms with Crippen LogP contribution in [0.15, 0.2) is 23.2 Å². The van der Waals surface area contributed by atoms with Crippen LogP contribution < -0.4 is 10.1 Å². The number of rotatable bonds is 3. The van der Waals surface area contributed by atoms with Crippen molar-refractivity contribution in [2.75, 3.05) is 20.2 Å². The lowest BCUT2D eigenvalue weighted by Gasteiger charge is -2.04. The molecule has 2 aromatic rings. The molecule has 3 N–H and O–H groups in total. The van der Waals surface area contributed by atoms with Crippen LogP contribution in [0, 0.1) is 17.0 Å². The molecule has 22 heavy (non-hydrogen) atoms. The molecule has 0 unspecified atom stereocenters. The Morgan fingerprint density at radius 2 is 2.23 bits per heavy atom. The summed E-state index contributed by atoms with van der Waals surface area (Å²) in [5, 5.41) is 18.2. The molecule has 0 aliphatic carbocycles. The molecule has 0 saturated heterocycles. The van der Waals surface area contributed by atoms with Gasteiger partial charge in [0.05, 0.1) is 13.7 Å². The highest BCUT2D eigenvalue weighted by atomic mass is 16.9. The monoisotopic (exact) mass is 306 g/mol. The number of ether oxygens (including phenoxy) is 1. The lowest BCUT2D eigenvalue weighted by Crippen LogP contribution is -2.20. The van der Waals surface area contributed by atoms with Crippen LogP contribution in [0.5, 0.6) is 5.75 Å². The van der Waals surface area contributed by atoms with Crippen LogP contribution in [0.4, 0.5) is 0 Å². The van der Waals surface area contributed by atoms with Gasteiger partial charge in [-0.05, 0) is 30.7 Å². The summed E-state index contributed by atoms with van der Waals surface area (Å²) in [5.74, 6) is 1.98. The van der Waals surface area contributed by atoms with Crippen LogP contribution in [0.1, 0.15) is 11.3 Å². The van der Waals surface area contributed by atoms with Gasteiger partial charge in [-0.2, -0.15) is 0 Å². The third-order valence-corrected chi connectivity index (χ3v) is 3.41. The van der Waals surface area contributed by atoms with E-state index >= 15 is 0 Å². The van der Waals surface area contributed by atoms with Gasteiger partial charge in [0.1, 0.15) is 11.6 Å². The van der Waals surface area contributed by atoms with Crippen LogP contribution in [-0.2, 0) is 6.42 Å². The summed E-state index contributed by atoms with van der Waals surface area (Å²) in [7, 11) is 1.70. The Kier molecular flexibility index (Phi) is 4.82. The second kappa shape index (κ2) is 6.79. The molecule has 0 amide bonds. The Morgan fingerprint density at radius 1 is 1.50 bits per heavy atom. The molecule has 0 atom stereocenters. The third-order valence-electron chi connectivity index (χ3n) is 3.41. The van der Waals surface area contributed by atoms with Crippen molar-refractivity contribution in [2.24, 2.45) is 4.99 Å². The number of nitrogens with zero attached hydrogens (tertiary/aromatic N) is 2. The number of aryl methyl sites for hydroxylation is 1. The molecular weight excluding hydrogens is 288 g/mol. The number of H-pyrrole nitrogens is 1. The van der Waals surface area contributed by atoms with E-state index in [1.54, 1.807) is 7.11 Å². The summed E-state index contributed by atoms with van der Waals surface area (Å²) in [6, 6.07) is 6.13. The first kappa shape index (κ1) is 15.6. The fourth-order valence-corrected chi connectivity index (χ4v) is 2.45. The van der Waals surface area contributed by atoms with Gasteiger partial charge < -0.3 is 20.2 Å². The minimum absolute atomic E-state index is 0.860. The summed E-state index contributed by atoms with van der Waals surface area (Å²) >= 11 is 0. The SMILES string of the molecule is COc1ccc2[nH]c(C)c(CC3=NCCN3)c2c1.O=[N+]([O-])O. The summed E-state index contributed by atoms with van der Waals surface area (Å²) in [6.07, 6.45) is 0.860. The van der Waals surface area contributed by atoms with Crippen LogP contribution >= 0.6 is 0 Å². The van der Waals surface area contributed by atoms with Crippen molar-refractivity contribution in [3.05, 3.63) is 39.6 Å². The van der Waals surface area contributed by atoms with Crippen molar-refractivity contribution in [3.8, 4) is 5.75 Å². The number of methoxy groups -OCH3 is 1. The molecule has 2 heterocycles. The minimum Gasteiger partial charge on any atom is -0.497 e. The Hall–Kier alpha value is -2.77. The number of aromatic amines is 1. The van der Waals surface area contributed by atoms with E-state index in [0.29, 0.717) is 0 Å². The second-order valence-electron chi connectivity index (χ2n) is 4.81. The summed E-state index contributed by atoms with van der Waals surface area (Å²) in [4.78, 5) is 16.2. The van der Waals surface area contributed by atoms with E-state index in [2.05, 4.69) is 34.3 Å². The van der Waals surface area contributed by atoms with E-state index in [1.807, 2.05) is 6.07 Å². The highest BCUT2D eigenvalue weighted by Gasteiger charge is 2.13. The van der Waals surface area contributed by atoms with E-state index in [-0.39, 0.29) is 0 Å². The molecular formula is C14H18N4O4. The van der Waals surface area contributed by atoms with Crippen molar-refractivity contribution in [1.29, 1.82) is 0 Å². The molecule has 0 radical (unpaired) electrons. The number of hydrogen-bond acceptors (Lipinski definition) is 5. The predicted molar refractivity (Wildman–Crippen MR) is 82.4 cm³/mol. The first-order valence-corrected chi connectivity index (χ1v) is 6.77. The molecule has 0 saturated carbocycles. The number of aromatic nitrogens is 1. The molecule has 1 aliphatic heterocycles. The molecule has 1 aromatic carbocycles. The quantitative estimate of drug-likeness (QED) is 0.590. The van der Waals surface area contributed by atoms with Crippen LogP contribution in [-0.4, -0.2) is 41.3 Å². The summed E-state index contributed by atoms with van der Waals surface area (Å²) < 4.78 is 5.30.